The number of rotatable bonds is 5. The molecule has 0 amide bonds. The predicted octanol–water partition coefficient (Wildman–Crippen LogP) is 1.51. The minimum absolute atomic E-state index is 0.264. The number of hydrogen-bond donors (Lipinski definition) is 1. The van der Waals surface area contributed by atoms with Crippen LogP contribution in [-0.4, -0.2) is 20.7 Å². The first-order valence-electron chi connectivity index (χ1n) is 5.11. The maximum atomic E-state index is 11.3. The van der Waals surface area contributed by atoms with Gasteiger partial charge in [0.2, 0.25) is 10.0 Å². The Bertz CT molecular complexity index is 230. The van der Waals surface area contributed by atoms with Gasteiger partial charge in [0, 0.05) is 6.54 Å². The molecule has 0 saturated heterocycles. The smallest absolute Gasteiger partial charge is 0.211 e. The fourth-order valence-corrected chi connectivity index (χ4v) is 2.97. The van der Waals surface area contributed by atoms with Crippen LogP contribution in [0, 0.1) is 5.92 Å². The first-order valence-corrected chi connectivity index (χ1v) is 6.76. The molecule has 3 nitrogen and oxygen atoms in total. The van der Waals surface area contributed by atoms with Crippen molar-refractivity contribution in [1.82, 2.24) is 4.72 Å². The van der Waals surface area contributed by atoms with E-state index in [2.05, 4.69) is 4.72 Å². The summed E-state index contributed by atoms with van der Waals surface area (Å²) in [5, 5.41) is 0. The van der Waals surface area contributed by atoms with E-state index in [4.69, 9.17) is 0 Å². The highest BCUT2D eigenvalue weighted by Crippen LogP contribution is 2.23. The summed E-state index contributed by atoms with van der Waals surface area (Å²) < 4.78 is 25.2. The van der Waals surface area contributed by atoms with Crippen LogP contribution in [0.2, 0.25) is 0 Å². The van der Waals surface area contributed by atoms with Gasteiger partial charge in [-0.3, -0.25) is 0 Å². The average molecular weight is 205 g/mol. The summed E-state index contributed by atoms with van der Waals surface area (Å²) in [6.45, 7) is 2.54. The molecule has 1 rings (SSSR count). The molecule has 0 heterocycles. The van der Waals surface area contributed by atoms with Crippen molar-refractivity contribution in [2.75, 3.05) is 12.3 Å². The molecule has 78 valence electrons. The summed E-state index contributed by atoms with van der Waals surface area (Å²) >= 11 is 0. The third kappa shape index (κ3) is 4.09. The van der Waals surface area contributed by atoms with Crippen LogP contribution >= 0.6 is 0 Å². The van der Waals surface area contributed by atoms with Crippen LogP contribution in [-0.2, 0) is 10.0 Å². The van der Waals surface area contributed by atoms with Crippen molar-refractivity contribution in [2.24, 2.45) is 5.92 Å². The Hall–Kier alpha value is -0.0900. The van der Waals surface area contributed by atoms with Crippen LogP contribution in [0.25, 0.3) is 0 Å². The van der Waals surface area contributed by atoms with Crippen LogP contribution in [0.15, 0.2) is 0 Å². The fourth-order valence-electron chi connectivity index (χ4n) is 1.80. The van der Waals surface area contributed by atoms with E-state index in [9.17, 15) is 8.42 Å². The Kier molecular flexibility index (Phi) is 4.19. The molecule has 0 aromatic carbocycles. The van der Waals surface area contributed by atoms with E-state index in [1.54, 1.807) is 0 Å². The molecule has 1 saturated carbocycles. The molecule has 13 heavy (non-hydrogen) atoms. The summed E-state index contributed by atoms with van der Waals surface area (Å²) in [5.74, 6) is 0.853. The van der Waals surface area contributed by atoms with Crippen molar-refractivity contribution in [3.05, 3.63) is 0 Å². The van der Waals surface area contributed by atoms with Gasteiger partial charge < -0.3 is 0 Å². The zero-order valence-electron chi connectivity index (χ0n) is 8.25. The van der Waals surface area contributed by atoms with Crippen molar-refractivity contribution in [1.29, 1.82) is 0 Å². The lowest BCUT2D eigenvalue weighted by atomic mass is 10.1. The summed E-state index contributed by atoms with van der Waals surface area (Å²) in [4.78, 5) is 0. The fraction of sp³-hybridized carbons (Fsp3) is 1.00. The van der Waals surface area contributed by atoms with E-state index in [-0.39, 0.29) is 5.75 Å². The van der Waals surface area contributed by atoms with E-state index in [0.29, 0.717) is 18.9 Å². The third-order valence-electron chi connectivity index (χ3n) is 2.54. The first kappa shape index (κ1) is 11.0. The zero-order valence-corrected chi connectivity index (χ0v) is 9.07. The van der Waals surface area contributed by atoms with Crippen molar-refractivity contribution >= 4 is 10.0 Å². The predicted molar refractivity (Wildman–Crippen MR) is 54.0 cm³/mol. The molecular formula is C9H19NO2S. The molecule has 0 aliphatic heterocycles. The highest BCUT2D eigenvalue weighted by Gasteiger charge is 2.17. The quantitative estimate of drug-likeness (QED) is 0.739. The van der Waals surface area contributed by atoms with E-state index < -0.39 is 10.0 Å². The highest BCUT2D eigenvalue weighted by atomic mass is 32.2. The normalized spacial score (nSPS) is 19.5. The number of nitrogens with one attached hydrogen (secondary N) is 1. The van der Waals surface area contributed by atoms with Gasteiger partial charge in [0.15, 0.2) is 0 Å². The lowest BCUT2D eigenvalue weighted by molar-refractivity contribution is 0.519. The van der Waals surface area contributed by atoms with Crippen LogP contribution in [0.4, 0.5) is 0 Å². The van der Waals surface area contributed by atoms with Crippen LogP contribution < -0.4 is 4.72 Å². The van der Waals surface area contributed by atoms with Gasteiger partial charge in [-0.15, -0.1) is 0 Å². The molecule has 4 heteroatoms. The van der Waals surface area contributed by atoms with Gasteiger partial charge in [-0.25, -0.2) is 13.1 Å². The molecule has 1 N–H and O–H groups in total. The molecule has 0 bridgehead atoms. The Labute approximate surface area is 81.0 Å². The third-order valence-corrected chi connectivity index (χ3v) is 4.09. The minimum atomic E-state index is -2.97. The summed E-state index contributed by atoms with van der Waals surface area (Å²) in [7, 11) is -2.97. The molecule has 1 aliphatic carbocycles. The van der Waals surface area contributed by atoms with Crippen LogP contribution in [0.3, 0.4) is 0 Å². The van der Waals surface area contributed by atoms with Crippen molar-refractivity contribution in [3.8, 4) is 0 Å². The molecule has 0 radical (unpaired) electrons. The number of hydrogen-bond acceptors (Lipinski definition) is 2. The molecule has 0 spiro atoms. The van der Waals surface area contributed by atoms with E-state index >= 15 is 0 Å². The van der Waals surface area contributed by atoms with E-state index in [0.717, 1.165) is 0 Å². The van der Waals surface area contributed by atoms with Gasteiger partial charge in [0.05, 0.1) is 5.75 Å². The maximum absolute atomic E-state index is 11.3. The molecule has 0 atom stereocenters. The second-order valence-corrected chi connectivity index (χ2v) is 5.74. The monoisotopic (exact) mass is 205 g/mol. The average Bonchev–Trinajstić information content (AvgIpc) is 2.52. The topological polar surface area (TPSA) is 46.2 Å². The Morgan fingerprint density at radius 1 is 1.31 bits per heavy atom. The van der Waals surface area contributed by atoms with Gasteiger partial charge in [0.1, 0.15) is 0 Å². The summed E-state index contributed by atoms with van der Waals surface area (Å²) in [5.41, 5.74) is 0. The Morgan fingerprint density at radius 3 is 2.46 bits per heavy atom. The van der Waals surface area contributed by atoms with Gasteiger partial charge in [-0.05, 0) is 25.2 Å². The minimum Gasteiger partial charge on any atom is -0.215 e. The lowest BCUT2D eigenvalue weighted by Crippen LogP contribution is -2.30. The Balaban J connectivity index is 2.24. The molecule has 1 aliphatic rings. The Morgan fingerprint density at radius 2 is 1.92 bits per heavy atom. The van der Waals surface area contributed by atoms with Gasteiger partial charge in [-0.1, -0.05) is 19.8 Å². The largest absolute Gasteiger partial charge is 0.215 e. The molecule has 0 aromatic rings. The maximum Gasteiger partial charge on any atom is 0.211 e. The van der Waals surface area contributed by atoms with Gasteiger partial charge >= 0.3 is 0 Å². The molecule has 0 aromatic heterocycles. The summed E-state index contributed by atoms with van der Waals surface area (Å²) in [6, 6.07) is 0. The highest BCUT2D eigenvalue weighted by molar-refractivity contribution is 7.89. The number of sulfonamides is 1. The lowest BCUT2D eigenvalue weighted by Gasteiger charge is -2.10. The zero-order chi connectivity index (χ0) is 9.73. The standard InChI is InChI=1S/C9H19NO2S/c1-2-7-13(11,12)10-8-9-5-3-4-6-9/h9-10H,2-8H2,1H3. The second kappa shape index (κ2) is 4.96. The second-order valence-electron chi connectivity index (χ2n) is 3.82. The molecule has 1 fully saturated rings. The SMILES string of the molecule is CCCS(=O)(=O)NCC1CCCC1. The first-order chi connectivity index (χ1) is 6.14. The van der Waals surface area contributed by atoms with Crippen molar-refractivity contribution in [3.63, 3.8) is 0 Å². The molecule has 0 unspecified atom stereocenters. The van der Waals surface area contributed by atoms with Crippen LogP contribution in [0.5, 0.6) is 0 Å². The van der Waals surface area contributed by atoms with Gasteiger partial charge in [-0.2, -0.15) is 0 Å². The van der Waals surface area contributed by atoms with Crippen LogP contribution in [0.1, 0.15) is 39.0 Å². The van der Waals surface area contributed by atoms with E-state index in [1.165, 1.54) is 25.7 Å². The van der Waals surface area contributed by atoms with Gasteiger partial charge in [0.25, 0.3) is 0 Å². The van der Waals surface area contributed by atoms with Crippen molar-refractivity contribution < 1.29 is 8.42 Å². The van der Waals surface area contributed by atoms with E-state index in [1.807, 2.05) is 6.92 Å². The molecular weight excluding hydrogens is 186 g/mol. The summed E-state index contributed by atoms with van der Waals surface area (Å²) in [6.07, 6.45) is 5.60. The van der Waals surface area contributed by atoms with Crippen molar-refractivity contribution in [2.45, 2.75) is 39.0 Å².